The fourth-order valence-electron chi connectivity index (χ4n) is 2.43. The van der Waals surface area contributed by atoms with Crippen LogP contribution >= 0.6 is 12.4 Å². The summed E-state index contributed by atoms with van der Waals surface area (Å²) in [7, 11) is 0. The normalized spacial score (nSPS) is 15.4. The summed E-state index contributed by atoms with van der Waals surface area (Å²) in [5.74, 6) is 0.559. The molecule has 1 aromatic rings. The third-order valence-corrected chi connectivity index (χ3v) is 3.56. The minimum atomic E-state index is 0. The molecule has 0 spiro atoms. The SMILES string of the molecule is Cl.NCC(=O)N(Cc1ccccc1)CC1CCOCC1. The van der Waals surface area contributed by atoms with Crippen LogP contribution in [-0.4, -0.2) is 37.1 Å². The molecule has 0 aliphatic carbocycles. The predicted molar refractivity (Wildman–Crippen MR) is 81.7 cm³/mol. The first kappa shape index (κ1) is 17.0. The van der Waals surface area contributed by atoms with Gasteiger partial charge in [0, 0.05) is 26.3 Å². The maximum atomic E-state index is 12.0. The molecule has 2 N–H and O–H groups in total. The van der Waals surface area contributed by atoms with Gasteiger partial charge >= 0.3 is 0 Å². The highest BCUT2D eigenvalue weighted by Gasteiger charge is 2.20. The summed E-state index contributed by atoms with van der Waals surface area (Å²) in [6, 6.07) is 10.1. The molecule has 1 saturated heterocycles. The van der Waals surface area contributed by atoms with E-state index in [0.29, 0.717) is 12.5 Å². The number of amides is 1. The van der Waals surface area contributed by atoms with Crippen molar-refractivity contribution in [1.82, 2.24) is 4.90 Å². The van der Waals surface area contributed by atoms with Gasteiger partial charge in [0.15, 0.2) is 0 Å². The fraction of sp³-hybridized carbons (Fsp3) is 0.533. The molecule has 5 heteroatoms. The Kier molecular flexibility index (Phi) is 7.59. The first-order chi connectivity index (χ1) is 9.29. The van der Waals surface area contributed by atoms with E-state index in [9.17, 15) is 4.79 Å². The van der Waals surface area contributed by atoms with E-state index >= 15 is 0 Å². The van der Waals surface area contributed by atoms with Crippen LogP contribution in [0.1, 0.15) is 18.4 Å². The number of ether oxygens (including phenoxy) is 1. The van der Waals surface area contributed by atoms with Gasteiger partial charge in [-0.2, -0.15) is 0 Å². The Morgan fingerprint density at radius 1 is 1.25 bits per heavy atom. The Labute approximate surface area is 126 Å². The van der Waals surface area contributed by atoms with Gasteiger partial charge in [-0.3, -0.25) is 4.79 Å². The summed E-state index contributed by atoms with van der Waals surface area (Å²) in [4.78, 5) is 13.8. The number of hydrogen-bond donors (Lipinski definition) is 1. The van der Waals surface area contributed by atoms with Gasteiger partial charge < -0.3 is 15.4 Å². The molecule has 4 nitrogen and oxygen atoms in total. The van der Waals surface area contributed by atoms with E-state index < -0.39 is 0 Å². The smallest absolute Gasteiger partial charge is 0.236 e. The highest BCUT2D eigenvalue weighted by atomic mass is 35.5. The van der Waals surface area contributed by atoms with E-state index in [1.807, 2.05) is 35.2 Å². The number of nitrogens with zero attached hydrogens (tertiary/aromatic N) is 1. The van der Waals surface area contributed by atoms with Crippen molar-refractivity contribution in [3.8, 4) is 0 Å². The number of hydrogen-bond acceptors (Lipinski definition) is 3. The van der Waals surface area contributed by atoms with E-state index in [1.54, 1.807) is 0 Å². The fourth-order valence-corrected chi connectivity index (χ4v) is 2.43. The molecule has 0 radical (unpaired) electrons. The van der Waals surface area contributed by atoms with E-state index in [2.05, 4.69) is 0 Å². The largest absolute Gasteiger partial charge is 0.381 e. The van der Waals surface area contributed by atoms with Gasteiger partial charge in [0.1, 0.15) is 0 Å². The van der Waals surface area contributed by atoms with E-state index in [-0.39, 0.29) is 24.9 Å². The summed E-state index contributed by atoms with van der Waals surface area (Å²) in [5.41, 5.74) is 6.67. The molecule has 1 amide bonds. The average Bonchev–Trinajstić information content (AvgIpc) is 2.48. The van der Waals surface area contributed by atoms with Gasteiger partial charge in [-0.1, -0.05) is 30.3 Å². The quantitative estimate of drug-likeness (QED) is 0.902. The molecule has 1 aliphatic rings. The van der Waals surface area contributed by atoms with Crippen LogP contribution < -0.4 is 5.73 Å². The van der Waals surface area contributed by atoms with Crippen LogP contribution in [0.5, 0.6) is 0 Å². The Morgan fingerprint density at radius 2 is 1.90 bits per heavy atom. The standard InChI is InChI=1S/C15H22N2O2.ClH/c16-10-15(18)17(11-13-4-2-1-3-5-13)12-14-6-8-19-9-7-14;/h1-5,14H,6-12,16H2;1H. The molecule has 1 aromatic carbocycles. The minimum Gasteiger partial charge on any atom is -0.381 e. The van der Waals surface area contributed by atoms with Gasteiger partial charge in [-0.25, -0.2) is 0 Å². The molecule has 0 saturated carbocycles. The molecule has 0 unspecified atom stereocenters. The monoisotopic (exact) mass is 298 g/mol. The van der Waals surface area contributed by atoms with Gasteiger partial charge in [0.05, 0.1) is 6.54 Å². The number of benzene rings is 1. The van der Waals surface area contributed by atoms with Crippen molar-refractivity contribution in [3.05, 3.63) is 35.9 Å². The second-order valence-electron chi connectivity index (χ2n) is 5.02. The molecule has 1 aliphatic heterocycles. The zero-order valence-corrected chi connectivity index (χ0v) is 12.5. The molecular weight excluding hydrogens is 276 g/mol. The summed E-state index contributed by atoms with van der Waals surface area (Å²) in [5, 5.41) is 0. The van der Waals surface area contributed by atoms with E-state index in [1.165, 1.54) is 0 Å². The molecule has 20 heavy (non-hydrogen) atoms. The van der Waals surface area contributed by atoms with Crippen LogP contribution in [0.15, 0.2) is 30.3 Å². The van der Waals surface area contributed by atoms with Crippen molar-refractivity contribution >= 4 is 18.3 Å². The zero-order chi connectivity index (χ0) is 13.5. The molecule has 112 valence electrons. The molecule has 0 atom stereocenters. The predicted octanol–water partition coefficient (Wildman–Crippen LogP) is 1.82. The number of carbonyl (C=O) groups is 1. The number of nitrogens with two attached hydrogens (primary N) is 1. The molecule has 2 rings (SSSR count). The zero-order valence-electron chi connectivity index (χ0n) is 11.7. The lowest BCUT2D eigenvalue weighted by Gasteiger charge is -2.29. The van der Waals surface area contributed by atoms with Crippen LogP contribution in [0.3, 0.4) is 0 Å². The van der Waals surface area contributed by atoms with Crippen molar-refractivity contribution in [2.75, 3.05) is 26.3 Å². The number of halogens is 1. The molecule has 0 bridgehead atoms. The topological polar surface area (TPSA) is 55.6 Å². The summed E-state index contributed by atoms with van der Waals surface area (Å²) < 4.78 is 5.36. The highest BCUT2D eigenvalue weighted by molar-refractivity contribution is 5.85. The van der Waals surface area contributed by atoms with Gasteiger partial charge in [-0.05, 0) is 24.3 Å². The molecule has 1 heterocycles. The van der Waals surface area contributed by atoms with Gasteiger partial charge in [0.2, 0.25) is 5.91 Å². The van der Waals surface area contributed by atoms with Crippen LogP contribution in [0, 0.1) is 5.92 Å². The third-order valence-electron chi connectivity index (χ3n) is 3.56. The highest BCUT2D eigenvalue weighted by Crippen LogP contribution is 2.17. The van der Waals surface area contributed by atoms with Crippen molar-refractivity contribution in [3.63, 3.8) is 0 Å². The Morgan fingerprint density at radius 3 is 2.50 bits per heavy atom. The Bertz CT molecular complexity index is 394. The first-order valence-corrected chi connectivity index (χ1v) is 6.89. The minimum absolute atomic E-state index is 0. The molecular formula is C15H23ClN2O2. The lowest BCUT2D eigenvalue weighted by atomic mass is 9.99. The van der Waals surface area contributed by atoms with Crippen molar-refractivity contribution in [1.29, 1.82) is 0 Å². The van der Waals surface area contributed by atoms with E-state index in [4.69, 9.17) is 10.5 Å². The van der Waals surface area contributed by atoms with Crippen LogP contribution in [-0.2, 0) is 16.1 Å². The van der Waals surface area contributed by atoms with Crippen LogP contribution in [0.4, 0.5) is 0 Å². The van der Waals surface area contributed by atoms with Gasteiger partial charge in [-0.15, -0.1) is 12.4 Å². The third kappa shape index (κ3) is 5.12. The van der Waals surface area contributed by atoms with Crippen molar-refractivity contribution in [2.24, 2.45) is 11.7 Å². The number of rotatable bonds is 5. The van der Waals surface area contributed by atoms with Crippen LogP contribution in [0.2, 0.25) is 0 Å². The van der Waals surface area contributed by atoms with Crippen LogP contribution in [0.25, 0.3) is 0 Å². The lowest BCUT2D eigenvalue weighted by molar-refractivity contribution is -0.131. The summed E-state index contributed by atoms with van der Waals surface area (Å²) in [6.07, 6.45) is 2.06. The lowest BCUT2D eigenvalue weighted by Crippen LogP contribution is -2.40. The first-order valence-electron chi connectivity index (χ1n) is 6.89. The Hall–Kier alpha value is -1.10. The van der Waals surface area contributed by atoms with Gasteiger partial charge in [0.25, 0.3) is 0 Å². The maximum absolute atomic E-state index is 12.0. The molecule has 0 aromatic heterocycles. The van der Waals surface area contributed by atoms with Crippen molar-refractivity contribution < 1.29 is 9.53 Å². The second kappa shape index (κ2) is 8.95. The summed E-state index contributed by atoms with van der Waals surface area (Å²) in [6.45, 7) is 3.12. The summed E-state index contributed by atoms with van der Waals surface area (Å²) >= 11 is 0. The number of carbonyl (C=O) groups excluding carboxylic acids is 1. The van der Waals surface area contributed by atoms with E-state index in [0.717, 1.165) is 38.2 Å². The molecule has 1 fully saturated rings. The Balaban J connectivity index is 0.00000200. The average molecular weight is 299 g/mol. The second-order valence-corrected chi connectivity index (χ2v) is 5.02. The maximum Gasteiger partial charge on any atom is 0.236 e. The van der Waals surface area contributed by atoms with Crippen molar-refractivity contribution in [2.45, 2.75) is 19.4 Å².